The van der Waals surface area contributed by atoms with Gasteiger partial charge in [0.1, 0.15) is 5.69 Å². The molecule has 0 radical (unpaired) electrons. The van der Waals surface area contributed by atoms with E-state index in [4.69, 9.17) is 0 Å². The molecule has 22 heavy (non-hydrogen) atoms. The van der Waals surface area contributed by atoms with Crippen molar-refractivity contribution < 1.29 is 14.5 Å². The molecule has 0 saturated heterocycles. The Kier molecular flexibility index (Phi) is 4.84. The van der Waals surface area contributed by atoms with E-state index in [-0.39, 0.29) is 11.4 Å². The number of nitro groups is 1. The average Bonchev–Trinajstić information content (AvgIpc) is 2.49. The maximum atomic E-state index is 11.8. The van der Waals surface area contributed by atoms with Crippen LogP contribution in [-0.2, 0) is 9.59 Å². The largest absolute Gasteiger partial charge is 0.317 e. The van der Waals surface area contributed by atoms with Crippen LogP contribution in [0, 0.1) is 10.1 Å². The first kappa shape index (κ1) is 15.6. The SMILES string of the molecule is O=C(Nc1ccccc1Br)C(=O)Nc1ccccc1[N+](=O)[O-]. The molecule has 0 aliphatic carbocycles. The number of carbonyl (C=O) groups is 2. The molecular formula is C14H10BrN3O4. The number of nitrogens with zero attached hydrogens (tertiary/aromatic N) is 1. The summed E-state index contributed by atoms with van der Waals surface area (Å²) < 4.78 is 0.613. The van der Waals surface area contributed by atoms with Crippen molar-refractivity contribution in [2.75, 3.05) is 10.6 Å². The molecule has 0 bridgehead atoms. The Morgan fingerprint density at radius 3 is 2.00 bits per heavy atom. The highest BCUT2D eigenvalue weighted by atomic mass is 79.9. The van der Waals surface area contributed by atoms with Crippen molar-refractivity contribution in [1.82, 2.24) is 0 Å². The molecule has 2 aromatic carbocycles. The van der Waals surface area contributed by atoms with E-state index in [0.717, 1.165) is 0 Å². The van der Waals surface area contributed by atoms with E-state index in [1.165, 1.54) is 24.3 Å². The normalized spacial score (nSPS) is 9.86. The molecule has 2 N–H and O–H groups in total. The second-order valence-corrected chi connectivity index (χ2v) is 5.02. The maximum Gasteiger partial charge on any atom is 0.314 e. The summed E-state index contributed by atoms with van der Waals surface area (Å²) in [4.78, 5) is 33.9. The Morgan fingerprint density at radius 2 is 1.41 bits per heavy atom. The van der Waals surface area contributed by atoms with Gasteiger partial charge in [-0.2, -0.15) is 0 Å². The molecule has 0 aromatic heterocycles. The van der Waals surface area contributed by atoms with Gasteiger partial charge in [0.15, 0.2) is 0 Å². The van der Waals surface area contributed by atoms with Crippen molar-refractivity contribution in [2.24, 2.45) is 0 Å². The summed E-state index contributed by atoms with van der Waals surface area (Å²) in [6, 6.07) is 12.3. The highest BCUT2D eigenvalue weighted by Crippen LogP contribution is 2.24. The Morgan fingerprint density at radius 1 is 0.909 bits per heavy atom. The summed E-state index contributed by atoms with van der Waals surface area (Å²) in [5, 5.41) is 15.5. The number of benzene rings is 2. The molecule has 0 aliphatic rings. The van der Waals surface area contributed by atoms with E-state index in [1.54, 1.807) is 24.3 Å². The third kappa shape index (κ3) is 3.67. The molecule has 0 unspecified atom stereocenters. The van der Waals surface area contributed by atoms with Gasteiger partial charge in [-0.05, 0) is 34.1 Å². The minimum Gasteiger partial charge on any atom is -0.317 e. The summed E-state index contributed by atoms with van der Waals surface area (Å²) >= 11 is 3.24. The van der Waals surface area contributed by atoms with Crippen molar-refractivity contribution in [3.05, 3.63) is 63.1 Å². The number of nitro benzene ring substituents is 1. The smallest absolute Gasteiger partial charge is 0.314 e. The number of halogens is 1. The molecule has 7 nitrogen and oxygen atoms in total. The predicted molar refractivity (Wildman–Crippen MR) is 84.5 cm³/mol. The van der Waals surface area contributed by atoms with Crippen LogP contribution in [0.1, 0.15) is 0 Å². The second kappa shape index (κ2) is 6.81. The van der Waals surface area contributed by atoms with Gasteiger partial charge >= 0.3 is 11.8 Å². The van der Waals surface area contributed by atoms with Crippen molar-refractivity contribution in [3.8, 4) is 0 Å². The second-order valence-electron chi connectivity index (χ2n) is 4.16. The van der Waals surface area contributed by atoms with Crippen LogP contribution in [0.4, 0.5) is 17.1 Å². The summed E-state index contributed by atoms with van der Waals surface area (Å²) in [5.41, 5.74) is 0.0922. The van der Waals surface area contributed by atoms with Crippen molar-refractivity contribution in [3.63, 3.8) is 0 Å². The Bertz CT molecular complexity index is 748. The van der Waals surface area contributed by atoms with Crippen LogP contribution >= 0.6 is 15.9 Å². The van der Waals surface area contributed by atoms with Crippen LogP contribution < -0.4 is 10.6 Å². The zero-order valence-corrected chi connectivity index (χ0v) is 12.7. The molecule has 2 aromatic rings. The zero-order chi connectivity index (χ0) is 16.1. The fourth-order valence-electron chi connectivity index (χ4n) is 1.66. The van der Waals surface area contributed by atoms with Gasteiger partial charge in [0.25, 0.3) is 5.69 Å². The van der Waals surface area contributed by atoms with Gasteiger partial charge in [0.05, 0.1) is 10.6 Å². The molecule has 0 saturated carbocycles. The van der Waals surface area contributed by atoms with Crippen LogP contribution in [0.15, 0.2) is 53.0 Å². The van der Waals surface area contributed by atoms with Gasteiger partial charge in [-0.3, -0.25) is 19.7 Å². The molecule has 0 heterocycles. The van der Waals surface area contributed by atoms with E-state index < -0.39 is 16.7 Å². The number of anilines is 2. The maximum absolute atomic E-state index is 11.8. The minimum atomic E-state index is -0.995. The van der Waals surface area contributed by atoms with Crippen LogP contribution in [0.5, 0.6) is 0 Å². The Hall–Kier alpha value is -2.74. The van der Waals surface area contributed by atoms with Crippen LogP contribution in [0.25, 0.3) is 0 Å². The van der Waals surface area contributed by atoms with Gasteiger partial charge in [0.2, 0.25) is 0 Å². The van der Waals surface area contributed by atoms with Gasteiger partial charge in [-0.15, -0.1) is 0 Å². The third-order valence-corrected chi connectivity index (χ3v) is 3.37. The van der Waals surface area contributed by atoms with Crippen LogP contribution in [0.2, 0.25) is 0 Å². The highest BCUT2D eigenvalue weighted by Gasteiger charge is 2.19. The third-order valence-electron chi connectivity index (χ3n) is 2.68. The summed E-state index contributed by atoms with van der Waals surface area (Å²) in [5.74, 6) is -1.92. The lowest BCUT2D eigenvalue weighted by molar-refractivity contribution is -0.383. The standard InChI is InChI=1S/C14H10BrN3O4/c15-9-5-1-2-6-10(9)16-13(19)14(20)17-11-7-3-4-8-12(11)18(21)22/h1-8H,(H,16,19)(H,17,20). The van der Waals surface area contributed by atoms with Gasteiger partial charge < -0.3 is 10.6 Å². The lowest BCUT2D eigenvalue weighted by Gasteiger charge is -2.08. The van der Waals surface area contributed by atoms with E-state index in [9.17, 15) is 19.7 Å². The van der Waals surface area contributed by atoms with Gasteiger partial charge in [-0.25, -0.2) is 0 Å². The number of nitrogens with one attached hydrogen (secondary N) is 2. The van der Waals surface area contributed by atoms with E-state index in [0.29, 0.717) is 10.2 Å². The highest BCUT2D eigenvalue weighted by molar-refractivity contribution is 9.10. The number of carbonyl (C=O) groups excluding carboxylic acids is 2. The van der Waals surface area contributed by atoms with Crippen LogP contribution in [-0.4, -0.2) is 16.7 Å². The van der Waals surface area contributed by atoms with E-state index in [2.05, 4.69) is 26.6 Å². The van der Waals surface area contributed by atoms with Crippen molar-refractivity contribution in [2.45, 2.75) is 0 Å². The molecule has 0 spiro atoms. The first-order valence-corrected chi connectivity index (χ1v) is 6.88. The quantitative estimate of drug-likeness (QED) is 0.497. The topological polar surface area (TPSA) is 101 Å². The zero-order valence-electron chi connectivity index (χ0n) is 11.1. The van der Waals surface area contributed by atoms with Crippen LogP contribution in [0.3, 0.4) is 0 Å². The summed E-state index contributed by atoms with van der Waals surface area (Å²) in [6.07, 6.45) is 0. The molecule has 0 atom stereocenters. The lowest BCUT2D eigenvalue weighted by atomic mass is 10.2. The Balaban J connectivity index is 2.11. The molecule has 0 fully saturated rings. The first-order chi connectivity index (χ1) is 10.5. The fourth-order valence-corrected chi connectivity index (χ4v) is 2.04. The fraction of sp³-hybridized carbons (Fsp3) is 0. The van der Waals surface area contributed by atoms with Gasteiger partial charge in [0, 0.05) is 10.5 Å². The summed E-state index contributed by atoms with van der Waals surface area (Å²) in [7, 11) is 0. The molecule has 2 rings (SSSR count). The molecule has 112 valence electrons. The number of hydrogen-bond acceptors (Lipinski definition) is 4. The monoisotopic (exact) mass is 363 g/mol. The lowest BCUT2D eigenvalue weighted by Crippen LogP contribution is -2.29. The molecule has 8 heteroatoms. The van der Waals surface area contributed by atoms with Gasteiger partial charge in [-0.1, -0.05) is 24.3 Å². The Labute approximate surface area is 133 Å². The minimum absolute atomic E-state index is 0.0419. The molecule has 2 amide bonds. The van der Waals surface area contributed by atoms with Crippen molar-refractivity contribution in [1.29, 1.82) is 0 Å². The van der Waals surface area contributed by atoms with E-state index >= 15 is 0 Å². The molecular weight excluding hydrogens is 354 g/mol. The number of para-hydroxylation sites is 3. The average molecular weight is 364 g/mol. The number of amides is 2. The first-order valence-electron chi connectivity index (χ1n) is 6.09. The number of rotatable bonds is 3. The predicted octanol–water partition coefficient (Wildman–Crippen LogP) is 2.93. The van der Waals surface area contributed by atoms with E-state index in [1.807, 2.05) is 0 Å². The summed E-state index contributed by atoms with van der Waals surface area (Å²) in [6.45, 7) is 0. The number of hydrogen-bond donors (Lipinski definition) is 2. The van der Waals surface area contributed by atoms with Crippen molar-refractivity contribution >= 4 is 44.8 Å². The molecule has 0 aliphatic heterocycles.